The molecule has 0 aromatic heterocycles. The summed E-state index contributed by atoms with van der Waals surface area (Å²) < 4.78 is 10.5. The molecule has 8 heteroatoms. The first-order chi connectivity index (χ1) is 15.4. The summed E-state index contributed by atoms with van der Waals surface area (Å²) in [4.78, 5) is 51.1. The highest BCUT2D eigenvalue weighted by Crippen LogP contribution is 2.30. The average Bonchev–Trinajstić information content (AvgIpc) is 3.06. The van der Waals surface area contributed by atoms with Crippen LogP contribution in [0.1, 0.15) is 64.7 Å². The number of rotatable bonds is 9. The molecule has 0 bridgehead atoms. The Balaban J connectivity index is 1.71. The van der Waals surface area contributed by atoms with Crippen LogP contribution in [0.2, 0.25) is 0 Å². The van der Waals surface area contributed by atoms with Crippen LogP contribution in [0.3, 0.4) is 0 Å². The van der Waals surface area contributed by atoms with Crippen molar-refractivity contribution in [2.75, 3.05) is 18.1 Å². The van der Waals surface area contributed by atoms with Crippen molar-refractivity contribution >= 4 is 29.4 Å². The molecule has 1 heterocycles. The Morgan fingerprint density at radius 2 is 1.59 bits per heavy atom. The van der Waals surface area contributed by atoms with E-state index in [2.05, 4.69) is 5.32 Å². The lowest BCUT2D eigenvalue weighted by atomic mass is 10.1. The molecule has 0 aliphatic carbocycles. The first kappa shape index (κ1) is 23.0. The Kier molecular flexibility index (Phi) is 7.25. The summed E-state index contributed by atoms with van der Waals surface area (Å²) in [7, 11) is 0. The maximum Gasteiger partial charge on any atom is 0.338 e. The number of hydrogen-bond acceptors (Lipinski definition) is 6. The first-order valence-corrected chi connectivity index (χ1v) is 10.6. The van der Waals surface area contributed by atoms with E-state index in [0.29, 0.717) is 18.0 Å². The summed E-state index contributed by atoms with van der Waals surface area (Å²) in [5.74, 6) is -1.51. The maximum atomic E-state index is 12.9. The van der Waals surface area contributed by atoms with Crippen molar-refractivity contribution in [3.8, 4) is 5.75 Å². The van der Waals surface area contributed by atoms with Gasteiger partial charge in [0.15, 0.2) is 6.61 Å². The number of nitrogens with zero attached hydrogens (tertiary/aromatic N) is 1. The van der Waals surface area contributed by atoms with E-state index in [9.17, 15) is 19.2 Å². The lowest BCUT2D eigenvalue weighted by molar-refractivity contribution is -0.125. The summed E-state index contributed by atoms with van der Waals surface area (Å²) in [5.41, 5.74) is 0.808. The van der Waals surface area contributed by atoms with Crippen LogP contribution in [0.15, 0.2) is 42.5 Å². The molecule has 8 nitrogen and oxygen atoms in total. The second-order valence-electron chi connectivity index (χ2n) is 7.29. The van der Waals surface area contributed by atoms with Gasteiger partial charge < -0.3 is 14.8 Å². The van der Waals surface area contributed by atoms with E-state index < -0.39 is 24.4 Å². The number of esters is 1. The van der Waals surface area contributed by atoms with Crippen LogP contribution in [-0.4, -0.2) is 42.9 Å². The van der Waals surface area contributed by atoms with Crippen LogP contribution in [0.25, 0.3) is 0 Å². The Morgan fingerprint density at radius 3 is 2.22 bits per heavy atom. The average molecular weight is 438 g/mol. The molecule has 1 aliphatic rings. The third-order valence-electron chi connectivity index (χ3n) is 5.21. The maximum absolute atomic E-state index is 12.9. The molecule has 3 rings (SSSR count). The first-order valence-electron chi connectivity index (χ1n) is 10.6. The normalized spacial score (nSPS) is 12.7. The van der Waals surface area contributed by atoms with E-state index >= 15 is 0 Å². The fourth-order valence-electron chi connectivity index (χ4n) is 3.44. The number of ether oxygens (including phenoxy) is 2. The highest BCUT2D eigenvalue weighted by atomic mass is 16.5. The SMILES string of the molecule is CCOc1ccc(N2C(=O)c3ccc(C(=O)OCC(=O)NC(CC)CC)cc3C2=O)cc1. The molecule has 32 heavy (non-hydrogen) atoms. The van der Waals surface area contributed by atoms with Gasteiger partial charge in [0.2, 0.25) is 0 Å². The Morgan fingerprint density at radius 1 is 0.938 bits per heavy atom. The number of carbonyl (C=O) groups is 4. The minimum atomic E-state index is -0.743. The summed E-state index contributed by atoms with van der Waals surface area (Å²) in [6.07, 6.45) is 1.56. The summed E-state index contributed by atoms with van der Waals surface area (Å²) in [6.45, 7) is 5.86. The largest absolute Gasteiger partial charge is 0.494 e. The zero-order valence-electron chi connectivity index (χ0n) is 18.3. The molecule has 168 valence electrons. The monoisotopic (exact) mass is 438 g/mol. The van der Waals surface area contributed by atoms with Crippen LogP contribution in [-0.2, 0) is 9.53 Å². The molecule has 0 atom stereocenters. The molecule has 1 aliphatic heterocycles. The number of hydrogen-bond donors (Lipinski definition) is 1. The van der Waals surface area contributed by atoms with Crippen LogP contribution in [0, 0.1) is 0 Å². The molecule has 2 aromatic carbocycles. The molecule has 3 amide bonds. The van der Waals surface area contributed by atoms with Crippen molar-refractivity contribution in [2.45, 2.75) is 39.7 Å². The highest BCUT2D eigenvalue weighted by molar-refractivity contribution is 6.34. The Hall–Kier alpha value is -3.68. The third-order valence-corrected chi connectivity index (χ3v) is 5.21. The molecule has 2 aromatic rings. The van der Waals surface area contributed by atoms with Gasteiger partial charge in [0.05, 0.1) is 29.0 Å². The van der Waals surface area contributed by atoms with Crippen molar-refractivity contribution in [1.29, 1.82) is 0 Å². The van der Waals surface area contributed by atoms with Crippen molar-refractivity contribution in [1.82, 2.24) is 5.32 Å². The lowest BCUT2D eigenvalue weighted by Gasteiger charge is -2.14. The fourth-order valence-corrected chi connectivity index (χ4v) is 3.44. The summed E-state index contributed by atoms with van der Waals surface area (Å²) in [6, 6.07) is 10.8. The number of benzene rings is 2. The standard InChI is InChI=1S/C24H26N2O6/c1-4-16(5-2)25-21(27)14-32-24(30)15-7-12-19-20(13-15)23(29)26(22(19)28)17-8-10-18(11-9-17)31-6-3/h7-13,16H,4-6,14H2,1-3H3,(H,25,27). The zero-order valence-corrected chi connectivity index (χ0v) is 18.3. The molecule has 0 saturated carbocycles. The highest BCUT2D eigenvalue weighted by Gasteiger charge is 2.37. The molecule has 0 unspecified atom stereocenters. The zero-order chi connectivity index (χ0) is 23.3. The van der Waals surface area contributed by atoms with Gasteiger partial charge in [-0.25, -0.2) is 9.69 Å². The molecule has 0 spiro atoms. The van der Waals surface area contributed by atoms with Gasteiger partial charge in [-0.2, -0.15) is 0 Å². The lowest BCUT2D eigenvalue weighted by Crippen LogP contribution is -2.36. The van der Waals surface area contributed by atoms with Crippen molar-refractivity contribution in [2.24, 2.45) is 0 Å². The van der Waals surface area contributed by atoms with Gasteiger partial charge in [-0.05, 0) is 62.2 Å². The topological polar surface area (TPSA) is 102 Å². The summed E-state index contributed by atoms with van der Waals surface area (Å²) >= 11 is 0. The van der Waals surface area contributed by atoms with Crippen LogP contribution in [0.5, 0.6) is 5.75 Å². The predicted octanol–water partition coefficient (Wildman–Crippen LogP) is 3.35. The number of fused-ring (bicyclic) bond motifs is 1. The van der Waals surface area contributed by atoms with Gasteiger partial charge in [0.1, 0.15) is 5.75 Å². The predicted molar refractivity (Wildman–Crippen MR) is 118 cm³/mol. The Labute approximate surface area is 186 Å². The second-order valence-corrected chi connectivity index (χ2v) is 7.29. The molecule has 0 radical (unpaired) electrons. The van der Waals surface area contributed by atoms with Gasteiger partial charge in [0.25, 0.3) is 17.7 Å². The number of imide groups is 1. The van der Waals surface area contributed by atoms with Gasteiger partial charge in [-0.3, -0.25) is 14.4 Å². The molecule has 0 fully saturated rings. The van der Waals surface area contributed by atoms with E-state index in [1.807, 2.05) is 20.8 Å². The van der Waals surface area contributed by atoms with Gasteiger partial charge >= 0.3 is 5.97 Å². The van der Waals surface area contributed by atoms with E-state index in [1.165, 1.54) is 18.2 Å². The second kappa shape index (κ2) is 10.1. The minimum Gasteiger partial charge on any atom is -0.494 e. The van der Waals surface area contributed by atoms with Crippen molar-refractivity contribution < 1.29 is 28.7 Å². The fraction of sp³-hybridized carbons (Fsp3) is 0.333. The molecule has 1 N–H and O–H groups in total. The molecular formula is C24H26N2O6. The van der Waals surface area contributed by atoms with Crippen LogP contribution < -0.4 is 15.0 Å². The number of nitrogens with one attached hydrogen (secondary N) is 1. The summed E-state index contributed by atoms with van der Waals surface area (Å²) in [5, 5.41) is 2.78. The van der Waals surface area contributed by atoms with Gasteiger partial charge in [-0.1, -0.05) is 13.8 Å². The van der Waals surface area contributed by atoms with Crippen molar-refractivity contribution in [3.05, 3.63) is 59.2 Å². The van der Waals surface area contributed by atoms with Crippen LogP contribution >= 0.6 is 0 Å². The Bertz CT molecular complexity index is 1030. The smallest absolute Gasteiger partial charge is 0.338 e. The molecular weight excluding hydrogens is 412 g/mol. The third kappa shape index (κ3) is 4.80. The van der Waals surface area contributed by atoms with Crippen molar-refractivity contribution in [3.63, 3.8) is 0 Å². The van der Waals surface area contributed by atoms with Gasteiger partial charge in [0, 0.05) is 6.04 Å². The number of amides is 3. The minimum absolute atomic E-state index is 0.0263. The quantitative estimate of drug-likeness (QED) is 0.476. The van der Waals surface area contributed by atoms with E-state index in [-0.39, 0.29) is 28.6 Å². The van der Waals surface area contributed by atoms with E-state index in [1.54, 1.807) is 24.3 Å². The number of anilines is 1. The van der Waals surface area contributed by atoms with E-state index in [0.717, 1.165) is 17.7 Å². The molecule has 0 saturated heterocycles. The van der Waals surface area contributed by atoms with Gasteiger partial charge in [-0.15, -0.1) is 0 Å². The number of carbonyl (C=O) groups excluding carboxylic acids is 4. The van der Waals surface area contributed by atoms with E-state index in [4.69, 9.17) is 9.47 Å². The van der Waals surface area contributed by atoms with Crippen LogP contribution in [0.4, 0.5) is 5.69 Å².